The van der Waals surface area contributed by atoms with Gasteiger partial charge >= 0.3 is 0 Å². The molecule has 0 aromatic heterocycles. The lowest BCUT2D eigenvalue weighted by Crippen LogP contribution is -2.38. The monoisotopic (exact) mass is 189 g/mol. The molecule has 3 aliphatic heterocycles. The summed E-state index contributed by atoms with van der Waals surface area (Å²) in [6.45, 7) is 0.497. The first kappa shape index (κ1) is 7.29. The van der Waals surface area contributed by atoms with Gasteiger partial charge in [0.15, 0.2) is 0 Å². The topological polar surface area (TPSA) is 55.4 Å². The Hall–Kier alpha value is -0.130. The molecule has 0 aliphatic carbocycles. The largest absolute Gasteiger partial charge is 0.369 e. The molecule has 4 nitrogen and oxygen atoms in total. The molecule has 0 aromatic carbocycles. The first-order chi connectivity index (χ1) is 5.62. The number of hydrogen-bond acceptors (Lipinski definition) is 3. The highest BCUT2D eigenvalue weighted by molar-refractivity contribution is 7.90. The highest BCUT2D eigenvalue weighted by atomic mass is 32.2. The fraction of sp³-hybridized carbons (Fsp3) is 1.00. The Balaban J connectivity index is 2.10. The summed E-state index contributed by atoms with van der Waals surface area (Å²) in [5, 5.41) is -0.260. The van der Waals surface area contributed by atoms with Gasteiger partial charge in [-0.15, -0.1) is 0 Å². The van der Waals surface area contributed by atoms with Crippen molar-refractivity contribution in [3.63, 3.8) is 0 Å². The second-order valence-corrected chi connectivity index (χ2v) is 5.88. The van der Waals surface area contributed by atoms with Crippen molar-refractivity contribution >= 4 is 10.0 Å². The number of nitrogens with one attached hydrogen (secondary N) is 1. The summed E-state index contributed by atoms with van der Waals surface area (Å²) in [6.07, 6.45) is 2.87. The molecule has 3 aliphatic rings. The Kier molecular flexibility index (Phi) is 1.13. The second kappa shape index (κ2) is 1.86. The van der Waals surface area contributed by atoms with E-state index >= 15 is 0 Å². The normalized spacial score (nSPS) is 54.3. The van der Waals surface area contributed by atoms with Crippen LogP contribution in [-0.2, 0) is 14.8 Å². The zero-order valence-corrected chi connectivity index (χ0v) is 7.43. The van der Waals surface area contributed by atoms with Crippen molar-refractivity contribution in [1.29, 1.82) is 0 Å². The Bertz CT molecular complexity index is 326. The van der Waals surface area contributed by atoms with Gasteiger partial charge in [0.2, 0.25) is 10.0 Å². The molecule has 1 spiro atoms. The standard InChI is InChI=1S/C7H11NO3S/c9-12(10)6-3-5-1-2-7(6,11-5)4-8-12/h5-6,8H,1-4H2/t5-,6-,7-/m0/s1. The van der Waals surface area contributed by atoms with Crippen LogP contribution in [0.5, 0.6) is 0 Å². The van der Waals surface area contributed by atoms with Crippen LogP contribution in [0.3, 0.4) is 0 Å². The molecule has 3 fully saturated rings. The summed E-state index contributed by atoms with van der Waals surface area (Å²) < 4.78 is 31.1. The third-order valence-corrected chi connectivity index (χ3v) is 5.22. The van der Waals surface area contributed by atoms with E-state index < -0.39 is 10.0 Å². The molecule has 68 valence electrons. The summed E-state index contributed by atoms with van der Waals surface area (Å²) in [5.41, 5.74) is -0.344. The molecule has 1 N–H and O–H groups in total. The zero-order valence-electron chi connectivity index (χ0n) is 6.62. The molecule has 0 unspecified atom stereocenters. The molecule has 0 amide bonds. The van der Waals surface area contributed by atoms with Crippen molar-refractivity contribution < 1.29 is 13.2 Å². The van der Waals surface area contributed by atoms with Gasteiger partial charge in [0.25, 0.3) is 0 Å². The van der Waals surface area contributed by atoms with E-state index in [0.717, 1.165) is 12.8 Å². The molecule has 0 aromatic rings. The van der Waals surface area contributed by atoms with E-state index in [1.165, 1.54) is 0 Å². The molecule has 12 heavy (non-hydrogen) atoms. The molecule has 5 heteroatoms. The fourth-order valence-corrected chi connectivity index (χ4v) is 4.63. The molecule has 3 rings (SSSR count). The summed E-state index contributed by atoms with van der Waals surface area (Å²) in [6, 6.07) is 0. The van der Waals surface area contributed by atoms with Crippen molar-refractivity contribution in [1.82, 2.24) is 4.72 Å². The van der Waals surface area contributed by atoms with Gasteiger partial charge in [-0.25, -0.2) is 13.1 Å². The summed E-state index contributed by atoms with van der Waals surface area (Å²) in [5.74, 6) is 0. The van der Waals surface area contributed by atoms with Crippen LogP contribution in [0.2, 0.25) is 0 Å². The van der Waals surface area contributed by atoms with Gasteiger partial charge in [-0.2, -0.15) is 0 Å². The number of sulfonamides is 1. The quantitative estimate of drug-likeness (QED) is 0.564. The number of rotatable bonds is 0. The molecule has 3 saturated heterocycles. The van der Waals surface area contributed by atoms with Crippen LogP contribution in [0.25, 0.3) is 0 Å². The van der Waals surface area contributed by atoms with Crippen LogP contribution in [-0.4, -0.2) is 31.9 Å². The predicted molar refractivity (Wildman–Crippen MR) is 42.2 cm³/mol. The SMILES string of the molecule is O=S1(=O)NC[C@@]23CC[C@@H](C[C@@H]21)O3. The third-order valence-electron chi connectivity index (χ3n) is 3.30. The average Bonchev–Trinajstić information content (AvgIpc) is 2.62. The highest BCUT2D eigenvalue weighted by Gasteiger charge is 2.62. The van der Waals surface area contributed by atoms with Gasteiger partial charge < -0.3 is 4.74 Å². The van der Waals surface area contributed by atoms with Crippen LogP contribution in [0.4, 0.5) is 0 Å². The Labute approximate surface area is 71.3 Å². The van der Waals surface area contributed by atoms with E-state index in [9.17, 15) is 8.42 Å². The lowest BCUT2D eigenvalue weighted by atomic mass is 9.88. The first-order valence-corrected chi connectivity index (χ1v) is 5.83. The lowest BCUT2D eigenvalue weighted by molar-refractivity contribution is 0.0247. The maximum Gasteiger partial charge on any atom is 0.217 e. The molecule has 0 saturated carbocycles. The maximum absolute atomic E-state index is 11.4. The number of ether oxygens (including phenoxy) is 1. The third kappa shape index (κ3) is 0.677. The molecule has 2 bridgehead atoms. The van der Waals surface area contributed by atoms with Crippen LogP contribution >= 0.6 is 0 Å². The van der Waals surface area contributed by atoms with Crippen LogP contribution in [0.1, 0.15) is 19.3 Å². The summed E-state index contributed by atoms with van der Waals surface area (Å²) in [4.78, 5) is 0. The smallest absolute Gasteiger partial charge is 0.217 e. The molecule has 3 heterocycles. The number of fused-ring (bicyclic) bond motifs is 1. The van der Waals surface area contributed by atoms with Crippen molar-refractivity contribution in [2.24, 2.45) is 0 Å². The van der Waals surface area contributed by atoms with E-state index in [-0.39, 0.29) is 17.0 Å². The Morgan fingerprint density at radius 2 is 2.33 bits per heavy atom. The maximum atomic E-state index is 11.4. The van der Waals surface area contributed by atoms with Crippen LogP contribution in [0.15, 0.2) is 0 Å². The predicted octanol–water partition coefficient (Wildman–Crippen LogP) is -0.391. The van der Waals surface area contributed by atoms with Crippen LogP contribution < -0.4 is 4.72 Å². The summed E-state index contributed by atoms with van der Waals surface area (Å²) in [7, 11) is -3.04. The first-order valence-electron chi connectivity index (χ1n) is 4.29. The molecule has 0 radical (unpaired) electrons. The van der Waals surface area contributed by atoms with Crippen molar-refractivity contribution in [2.45, 2.75) is 36.2 Å². The van der Waals surface area contributed by atoms with Gasteiger partial charge in [-0.05, 0) is 19.3 Å². The minimum Gasteiger partial charge on any atom is -0.369 e. The van der Waals surface area contributed by atoms with Gasteiger partial charge in [0.05, 0.1) is 6.10 Å². The molecular formula is C7H11NO3S. The van der Waals surface area contributed by atoms with Crippen LogP contribution in [0, 0.1) is 0 Å². The van der Waals surface area contributed by atoms with Gasteiger partial charge in [0, 0.05) is 6.54 Å². The van der Waals surface area contributed by atoms with E-state index in [4.69, 9.17) is 4.74 Å². The van der Waals surface area contributed by atoms with E-state index in [1.807, 2.05) is 0 Å². The van der Waals surface area contributed by atoms with Gasteiger partial charge in [-0.1, -0.05) is 0 Å². The summed E-state index contributed by atoms with van der Waals surface area (Å²) >= 11 is 0. The average molecular weight is 189 g/mol. The van der Waals surface area contributed by atoms with Crippen molar-refractivity contribution in [3.8, 4) is 0 Å². The fourth-order valence-electron chi connectivity index (χ4n) is 2.69. The zero-order chi connectivity index (χ0) is 8.40. The Morgan fingerprint density at radius 3 is 3.00 bits per heavy atom. The lowest BCUT2D eigenvalue weighted by Gasteiger charge is -2.21. The molecular weight excluding hydrogens is 178 g/mol. The number of hydrogen-bond donors (Lipinski definition) is 1. The van der Waals surface area contributed by atoms with Crippen molar-refractivity contribution in [2.75, 3.05) is 6.54 Å². The highest BCUT2D eigenvalue weighted by Crippen LogP contribution is 2.48. The van der Waals surface area contributed by atoms with Gasteiger partial charge in [0.1, 0.15) is 10.9 Å². The molecule has 3 atom stereocenters. The van der Waals surface area contributed by atoms with E-state index in [0.29, 0.717) is 13.0 Å². The van der Waals surface area contributed by atoms with E-state index in [1.54, 1.807) is 0 Å². The Morgan fingerprint density at radius 1 is 1.50 bits per heavy atom. The minimum absolute atomic E-state index is 0.215. The second-order valence-electron chi connectivity index (χ2n) is 3.93. The minimum atomic E-state index is -3.04. The van der Waals surface area contributed by atoms with Crippen molar-refractivity contribution in [3.05, 3.63) is 0 Å². The van der Waals surface area contributed by atoms with Gasteiger partial charge in [-0.3, -0.25) is 0 Å². The van der Waals surface area contributed by atoms with E-state index in [2.05, 4.69) is 4.72 Å².